The number of ketones is 1. The van der Waals surface area contributed by atoms with Crippen LogP contribution in [0.5, 0.6) is 0 Å². The molecule has 0 saturated heterocycles. The van der Waals surface area contributed by atoms with Gasteiger partial charge in [0.15, 0.2) is 5.78 Å². The van der Waals surface area contributed by atoms with Gasteiger partial charge in [0.1, 0.15) is 5.82 Å². The third-order valence-corrected chi connectivity index (χ3v) is 3.98. The van der Waals surface area contributed by atoms with Gasteiger partial charge in [-0.2, -0.15) is 13.2 Å². The van der Waals surface area contributed by atoms with Gasteiger partial charge >= 0.3 is 6.18 Å². The van der Waals surface area contributed by atoms with E-state index in [0.717, 1.165) is 6.07 Å². The number of alkyl halides is 3. The molecule has 1 aromatic rings. The zero-order valence-electron chi connectivity index (χ0n) is 16.4. The van der Waals surface area contributed by atoms with Crippen molar-refractivity contribution in [1.29, 1.82) is 0 Å². The van der Waals surface area contributed by atoms with Gasteiger partial charge in [0, 0.05) is 11.0 Å². The standard InChI is InChI=1S/C20H29F4NO/c1-18(2,3)17(26)16(25-19(4,5)6)9-7-8-13-10-11-14(21)12-15(13)20(22,23)24/h10-12,16,25H,7-9H2,1-6H3. The van der Waals surface area contributed by atoms with Crippen LogP contribution in [0.15, 0.2) is 18.2 Å². The molecule has 1 atom stereocenters. The first-order valence-electron chi connectivity index (χ1n) is 8.79. The van der Waals surface area contributed by atoms with Crippen molar-refractivity contribution in [2.75, 3.05) is 0 Å². The number of Topliss-reactive ketones (excluding diaryl/α,β-unsaturated/α-hetero) is 1. The monoisotopic (exact) mass is 375 g/mol. The summed E-state index contributed by atoms with van der Waals surface area (Å²) in [7, 11) is 0. The average molecular weight is 375 g/mol. The summed E-state index contributed by atoms with van der Waals surface area (Å²) in [6.45, 7) is 11.3. The first-order valence-corrected chi connectivity index (χ1v) is 8.79. The maximum atomic E-state index is 13.2. The molecule has 0 aliphatic rings. The third kappa shape index (κ3) is 7.06. The highest BCUT2D eigenvalue weighted by atomic mass is 19.4. The second kappa shape index (κ2) is 8.07. The number of hydrogen-bond acceptors (Lipinski definition) is 2. The number of aryl methyl sites for hydroxylation is 1. The Morgan fingerprint density at radius 1 is 1.08 bits per heavy atom. The van der Waals surface area contributed by atoms with E-state index in [9.17, 15) is 22.4 Å². The second-order valence-corrected chi connectivity index (χ2v) is 8.75. The van der Waals surface area contributed by atoms with Crippen molar-refractivity contribution in [1.82, 2.24) is 5.32 Å². The molecule has 0 bridgehead atoms. The van der Waals surface area contributed by atoms with Crippen molar-refractivity contribution in [3.63, 3.8) is 0 Å². The maximum Gasteiger partial charge on any atom is 0.416 e. The van der Waals surface area contributed by atoms with Crippen LogP contribution in [0.4, 0.5) is 17.6 Å². The van der Waals surface area contributed by atoms with E-state index >= 15 is 0 Å². The SMILES string of the molecule is CC(C)(C)NC(CCCc1ccc(F)cc1C(F)(F)F)C(=O)C(C)(C)C. The van der Waals surface area contributed by atoms with Crippen LogP contribution in [-0.4, -0.2) is 17.4 Å². The molecule has 6 heteroatoms. The van der Waals surface area contributed by atoms with Gasteiger partial charge < -0.3 is 5.32 Å². The quantitative estimate of drug-likeness (QED) is 0.662. The minimum atomic E-state index is -4.60. The highest BCUT2D eigenvalue weighted by Crippen LogP contribution is 2.33. The number of nitrogens with one attached hydrogen (secondary N) is 1. The summed E-state index contributed by atoms with van der Waals surface area (Å²) >= 11 is 0. The number of hydrogen-bond donors (Lipinski definition) is 1. The molecular weight excluding hydrogens is 346 g/mol. The predicted molar refractivity (Wildman–Crippen MR) is 95.5 cm³/mol. The van der Waals surface area contributed by atoms with Gasteiger partial charge in [-0.25, -0.2) is 4.39 Å². The largest absolute Gasteiger partial charge is 0.416 e. The van der Waals surface area contributed by atoms with Gasteiger partial charge in [-0.05, 0) is 57.7 Å². The van der Waals surface area contributed by atoms with Gasteiger partial charge in [0.25, 0.3) is 0 Å². The van der Waals surface area contributed by atoms with Crippen molar-refractivity contribution in [3.8, 4) is 0 Å². The molecule has 2 nitrogen and oxygen atoms in total. The summed E-state index contributed by atoms with van der Waals surface area (Å²) in [5.74, 6) is -0.876. The predicted octanol–water partition coefficient (Wildman–Crippen LogP) is 5.54. The lowest BCUT2D eigenvalue weighted by molar-refractivity contribution is -0.138. The normalized spacial score (nSPS) is 14.4. The van der Waals surface area contributed by atoms with Crippen LogP contribution in [0.1, 0.15) is 65.5 Å². The fraction of sp³-hybridized carbons (Fsp3) is 0.650. The Balaban J connectivity index is 2.90. The molecule has 1 unspecified atom stereocenters. The molecule has 0 spiro atoms. The smallest absolute Gasteiger partial charge is 0.303 e. The first kappa shape index (κ1) is 22.6. The summed E-state index contributed by atoms with van der Waals surface area (Å²) in [6.07, 6.45) is -3.65. The van der Waals surface area contributed by atoms with Crippen LogP contribution in [0, 0.1) is 11.2 Å². The maximum absolute atomic E-state index is 13.2. The molecule has 0 saturated carbocycles. The number of benzene rings is 1. The van der Waals surface area contributed by atoms with Crippen LogP contribution in [-0.2, 0) is 17.4 Å². The second-order valence-electron chi connectivity index (χ2n) is 8.75. The zero-order valence-corrected chi connectivity index (χ0v) is 16.4. The third-order valence-electron chi connectivity index (χ3n) is 3.98. The summed E-state index contributed by atoms with van der Waals surface area (Å²) in [5.41, 5.74) is -1.73. The van der Waals surface area contributed by atoms with E-state index in [-0.39, 0.29) is 23.3 Å². The van der Waals surface area contributed by atoms with Gasteiger partial charge in [-0.1, -0.05) is 26.8 Å². The molecule has 0 aliphatic carbocycles. The average Bonchev–Trinajstić information content (AvgIpc) is 2.43. The lowest BCUT2D eigenvalue weighted by Gasteiger charge is -2.32. The molecule has 0 heterocycles. The van der Waals surface area contributed by atoms with Crippen molar-refractivity contribution >= 4 is 5.78 Å². The summed E-state index contributed by atoms with van der Waals surface area (Å²) in [6, 6.07) is 2.30. The van der Waals surface area contributed by atoms with E-state index in [2.05, 4.69) is 5.32 Å². The summed E-state index contributed by atoms with van der Waals surface area (Å²) in [5, 5.41) is 3.27. The zero-order chi connectivity index (χ0) is 20.3. The van der Waals surface area contributed by atoms with E-state index in [0.29, 0.717) is 18.9 Å². The van der Waals surface area contributed by atoms with Crippen LogP contribution >= 0.6 is 0 Å². The topological polar surface area (TPSA) is 29.1 Å². The minimum Gasteiger partial charge on any atom is -0.303 e. The number of carbonyl (C=O) groups excluding carboxylic acids is 1. The summed E-state index contributed by atoms with van der Waals surface area (Å²) < 4.78 is 52.5. The van der Waals surface area contributed by atoms with Crippen LogP contribution in [0.25, 0.3) is 0 Å². The van der Waals surface area contributed by atoms with Gasteiger partial charge in [-0.3, -0.25) is 4.79 Å². The van der Waals surface area contributed by atoms with Crippen LogP contribution in [0.3, 0.4) is 0 Å². The van der Waals surface area contributed by atoms with E-state index in [1.54, 1.807) is 0 Å². The van der Waals surface area contributed by atoms with Crippen molar-refractivity contribution < 1.29 is 22.4 Å². The van der Waals surface area contributed by atoms with Crippen LogP contribution in [0.2, 0.25) is 0 Å². The van der Waals surface area contributed by atoms with Crippen molar-refractivity contribution in [2.24, 2.45) is 5.41 Å². The van der Waals surface area contributed by atoms with Gasteiger partial charge in [-0.15, -0.1) is 0 Å². The molecule has 0 amide bonds. The Morgan fingerprint density at radius 3 is 2.12 bits per heavy atom. The van der Waals surface area contributed by atoms with E-state index in [1.165, 1.54) is 6.07 Å². The number of carbonyl (C=O) groups is 1. The molecule has 0 radical (unpaired) electrons. The molecule has 1 N–H and O–H groups in total. The molecule has 1 rings (SSSR count). The highest BCUT2D eigenvalue weighted by molar-refractivity contribution is 5.88. The molecule has 0 fully saturated rings. The Labute approximate surface area is 153 Å². The molecule has 0 aliphatic heterocycles. The van der Waals surface area contributed by atoms with E-state index in [4.69, 9.17) is 0 Å². The van der Waals surface area contributed by atoms with Crippen molar-refractivity contribution in [3.05, 3.63) is 35.1 Å². The van der Waals surface area contributed by atoms with E-state index in [1.807, 2.05) is 41.5 Å². The Hall–Kier alpha value is -1.43. The Kier molecular flexibility index (Phi) is 7.02. The number of rotatable bonds is 6. The van der Waals surface area contributed by atoms with E-state index < -0.39 is 29.0 Å². The van der Waals surface area contributed by atoms with Gasteiger partial charge in [0.05, 0.1) is 11.6 Å². The first-order chi connectivity index (χ1) is 11.6. The fourth-order valence-electron chi connectivity index (χ4n) is 2.84. The lowest BCUT2D eigenvalue weighted by Crippen LogP contribution is -2.50. The van der Waals surface area contributed by atoms with Crippen molar-refractivity contribution in [2.45, 2.75) is 78.6 Å². The minimum absolute atomic E-state index is 0.0302. The van der Waals surface area contributed by atoms with Crippen LogP contribution < -0.4 is 5.32 Å². The van der Waals surface area contributed by atoms with Gasteiger partial charge in [0.2, 0.25) is 0 Å². The lowest BCUT2D eigenvalue weighted by atomic mass is 9.83. The molecule has 1 aromatic carbocycles. The molecule has 26 heavy (non-hydrogen) atoms. The highest BCUT2D eigenvalue weighted by Gasteiger charge is 2.34. The number of halogens is 4. The Morgan fingerprint density at radius 2 is 1.65 bits per heavy atom. The molecule has 0 aromatic heterocycles. The fourth-order valence-corrected chi connectivity index (χ4v) is 2.84. The summed E-state index contributed by atoms with van der Waals surface area (Å²) in [4.78, 5) is 12.7. The molecular formula is C20H29F4NO. The Bertz CT molecular complexity index is 624. The molecule has 148 valence electrons.